The number of hydrogen-bond donors (Lipinski definition) is 1. The molecule has 1 saturated carbocycles. The van der Waals surface area contributed by atoms with Crippen LogP contribution in [0.1, 0.15) is 26.2 Å². The van der Waals surface area contributed by atoms with Crippen molar-refractivity contribution in [1.29, 1.82) is 0 Å². The molecule has 2 atom stereocenters. The molecule has 1 aliphatic rings. The lowest BCUT2D eigenvalue weighted by molar-refractivity contribution is 0.164. The molecule has 1 fully saturated rings. The van der Waals surface area contributed by atoms with Gasteiger partial charge in [-0.25, -0.2) is 4.79 Å². The highest BCUT2D eigenvalue weighted by molar-refractivity contribution is 5.67. The smallest absolute Gasteiger partial charge is 0.407 e. The first-order valence-electron chi connectivity index (χ1n) is 4.08. The Labute approximate surface area is 67.1 Å². The van der Waals surface area contributed by atoms with Gasteiger partial charge in [-0.1, -0.05) is 13.3 Å². The van der Waals surface area contributed by atoms with E-state index < -0.39 is 0 Å². The van der Waals surface area contributed by atoms with E-state index in [2.05, 4.69) is 17.0 Å². The van der Waals surface area contributed by atoms with Crippen LogP contribution < -0.4 is 5.32 Å². The van der Waals surface area contributed by atoms with Gasteiger partial charge < -0.3 is 10.1 Å². The third kappa shape index (κ3) is 2.10. The van der Waals surface area contributed by atoms with Gasteiger partial charge in [-0.15, -0.1) is 0 Å². The minimum Gasteiger partial charge on any atom is -0.453 e. The lowest BCUT2D eigenvalue weighted by Crippen LogP contribution is -2.36. The Kier molecular flexibility index (Phi) is 2.74. The summed E-state index contributed by atoms with van der Waals surface area (Å²) >= 11 is 0. The Balaban J connectivity index is 2.30. The van der Waals surface area contributed by atoms with Crippen LogP contribution in [-0.2, 0) is 4.74 Å². The quantitative estimate of drug-likeness (QED) is 0.627. The van der Waals surface area contributed by atoms with Crippen LogP contribution in [0.4, 0.5) is 4.79 Å². The summed E-state index contributed by atoms with van der Waals surface area (Å²) in [5.41, 5.74) is 0. The fourth-order valence-corrected chi connectivity index (χ4v) is 1.57. The Bertz CT molecular complexity index is 147. The van der Waals surface area contributed by atoms with Crippen molar-refractivity contribution < 1.29 is 9.53 Å². The molecule has 11 heavy (non-hydrogen) atoms. The SMILES string of the molecule is COC(=O)N[C@H]1CCC[C@@H]1C. The minimum absolute atomic E-state index is 0.302. The monoisotopic (exact) mass is 157 g/mol. The van der Waals surface area contributed by atoms with Crippen molar-refractivity contribution in [1.82, 2.24) is 5.32 Å². The van der Waals surface area contributed by atoms with Crippen molar-refractivity contribution in [2.45, 2.75) is 32.2 Å². The van der Waals surface area contributed by atoms with Crippen LogP contribution in [-0.4, -0.2) is 19.2 Å². The summed E-state index contributed by atoms with van der Waals surface area (Å²) in [5, 5.41) is 2.82. The number of carbonyl (C=O) groups is 1. The van der Waals surface area contributed by atoms with Crippen molar-refractivity contribution in [3.05, 3.63) is 0 Å². The molecule has 1 amide bonds. The van der Waals surface area contributed by atoms with E-state index in [0.29, 0.717) is 12.0 Å². The second-order valence-corrected chi connectivity index (χ2v) is 3.15. The number of carbonyl (C=O) groups excluding carboxylic acids is 1. The van der Waals surface area contributed by atoms with Gasteiger partial charge in [0.15, 0.2) is 0 Å². The van der Waals surface area contributed by atoms with E-state index in [4.69, 9.17) is 0 Å². The second kappa shape index (κ2) is 3.60. The summed E-state index contributed by atoms with van der Waals surface area (Å²) in [6.07, 6.45) is 3.23. The fraction of sp³-hybridized carbons (Fsp3) is 0.875. The molecule has 1 aliphatic carbocycles. The highest BCUT2D eigenvalue weighted by Crippen LogP contribution is 2.24. The zero-order valence-corrected chi connectivity index (χ0v) is 7.09. The topological polar surface area (TPSA) is 38.3 Å². The molecule has 3 nitrogen and oxygen atoms in total. The maximum atomic E-state index is 10.8. The Morgan fingerprint density at radius 1 is 1.55 bits per heavy atom. The molecule has 0 aliphatic heterocycles. The molecule has 1 N–H and O–H groups in total. The molecular formula is C8H15NO2. The predicted octanol–water partition coefficient (Wildman–Crippen LogP) is 1.53. The fourth-order valence-electron chi connectivity index (χ4n) is 1.57. The van der Waals surface area contributed by atoms with Gasteiger partial charge in [-0.2, -0.15) is 0 Å². The normalized spacial score (nSPS) is 30.0. The molecule has 3 heteroatoms. The van der Waals surface area contributed by atoms with E-state index in [1.807, 2.05) is 0 Å². The van der Waals surface area contributed by atoms with Crippen LogP contribution in [0.5, 0.6) is 0 Å². The summed E-state index contributed by atoms with van der Waals surface area (Å²) < 4.78 is 4.51. The molecule has 0 bridgehead atoms. The van der Waals surface area contributed by atoms with Gasteiger partial charge in [0.25, 0.3) is 0 Å². The Morgan fingerprint density at radius 2 is 2.27 bits per heavy atom. The lowest BCUT2D eigenvalue weighted by Gasteiger charge is -2.15. The largest absolute Gasteiger partial charge is 0.453 e. The summed E-state index contributed by atoms with van der Waals surface area (Å²) in [7, 11) is 1.40. The van der Waals surface area contributed by atoms with Gasteiger partial charge in [0, 0.05) is 6.04 Å². The molecule has 0 aromatic rings. The number of alkyl carbamates (subject to hydrolysis) is 1. The van der Waals surface area contributed by atoms with Gasteiger partial charge in [0.2, 0.25) is 0 Å². The summed E-state index contributed by atoms with van der Waals surface area (Å²) in [4.78, 5) is 10.8. The van der Waals surface area contributed by atoms with Crippen molar-refractivity contribution >= 4 is 6.09 Å². The van der Waals surface area contributed by atoms with Gasteiger partial charge in [-0.05, 0) is 18.8 Å². The molecule has 0 radical (unpaired) electrons. The molecule has 0 spiro atoms. The maximum absolute atomic E-state index is 10.8. The van der Waals surface area contributed by atoms with Crippen molar-refractivity contribution in [3.63, 3.8) is 0 Å². The molecule has 1 rings (SSSR count). The standard InChI is InChI=1S/C8H15NO2/c1-6-4-3-5-7(6)9-8(10)11-2/h6-7H,3-5H2,1-2H3,(H,9,10)/t6-,7-/m0/s1. The first kappa shape index (κ1) is 8.37. The van der Waals surface area contributed by atoms with Crippen molar-refractivity contribution in [3.8, 4) is 0 Å². The summed E-state index contributed by atoms with van der Waals surface area (Å²) in [6.45, 7) is 2.16. The first-order valence-corrected chi connectivity index (χ1v) is 4.08. The van der Waals surface area contributed by atoms with E-state index in [0.717, 1.165) is 6.42 Å². The predicted molar refractivity (Wildman–Crippen MR) is 42.3 cm³/mol. The molecular weight excluding hydrogens is 142 g/mol. The number of hydrogen-bond acceptors (Lipinski definition) is 2. The molecule has 0 aromatic heterocycles. The van der Waals surface area contributed by atoms with Crippen molar-refractivity contribution in [2.24, 2.45) is 5.92 Å². The number of ether oxygens (including phenoxy) is 1. The highest BCUT2D eigenvalue weighted by Gasteiger charge is 2.24. The van der Waals surface area contributed by atoms with Crippen LogP contribution in [0.15, 0.2) is 0 Å². The van der Waals surface area contributed by atoms with Gasteiger partial charge >= 0.3 is 6.09 Å². The van der Waals surface area contributed by atoms with Crippen molar-refractivity contribution in [2.75, 3.05) is 7.11 Å². The van der Waals surface area contributed by atoms with Gasteiger partial charge in [0.05, 0.1) is 7.11 Å². The van der Waals surface area contributed by atoms with Crippen LogP contribution in [0.3, 0.4) is 0 Å². The van der Waals surface area contributed by atoms with E-state index in [1.165, 1.54) is 20.0 Å². The van der Waals surface area contributed by atoms with E-state index in [-0.39, 0.29) is 6.09 Å². The lowest BCUT2D eigenvalue weighted by atomic mass is 10.1. The molecule has 0 aromatic carbocycles. The van der Waals surface area contributed by atoms with E-state index in [9.17, 15) is 4.79 Å². The van der Waals surface area contributed by atoms with Crippen LogP contribution in [0.25, 0.3) is 0 Å². The first-order chi connectivity index (χ1) is 5.24. The number of methoxy groups -OCH3 is 1. The van der Waals surface area contributed by atoms with E-state index >= 15 is 0 Å². The average molecular weight is 157 g/mol. The summed E-state index contributed by atoms with van der Waals surface area (Å²) in [5.74, 6) is 0.606. The molecule has 64 valence electrons. The van der Waals surface area contributed by atoms with Crippen LogP contribution >= 0.6 is 0 Å². The average Bonchev–Trinajstić information content (AvgIpc) is 2.37. The van der Waals surface area contributed by atoms with Crippen LogP contribution in [0, 0.1) is 5.92 Å². The molecule has 0 saturated heterocycles. The highest BCUT2D eigenvalue weighted by atomic mass is 16.5. The number of nitrogens with one attached hydrogen (secondary N) is 1. The van der Waals surface area contributed by atoms with Crippen LogP contribution in [0.2, 0.25) is 0 Å². The summed E-state index contributed by atoms with van der Waals surface area (Å²) in [6, 6.07) is 0.336. The Morgan fingerprint density at radius 3 is 2.73 bits per heavy atom. The third-order valence-electron chi connectivity index (χ3n) is 2.35. The second-order valence-electron chi connectivity index (χ2n) is 3.15. The number of rotatable bonds is 1. The Hall–Kier alpha value is -0.730. The van der Waals surface area contributed by atoms with Gasteiger partial charge in [-0.3, -0.25) is 0 Å². The maximum Gasteiger partial charge on any atom is 0.407 e. The number of amides is 1. The minimum atomic E-state index is -0.302. The molecule has 0 heterocycles. The van der Waals surface area contributed by atoms with Gasteiger partial charge in [0.1, 0.15) is 0 Å². The molecule has 0 unspecified atom stereocenters. The zero-order valence-electron chi connectivity index (χ0n) is 7.09. The van der Waals surface area contributed by atoms with E-state index in [1.54, 1.807) is 0 Å². The third-order valence-corrected chi connectivity index (χ3v) is 2.35. The zero-order chi connectivity index (χ0) is 8.27.